The van der Waals surface area contributed by atoms with Gasteiger partial charge in [0.15, 0.2) is 0 Å². The van der Waals surface area contributed by atoms with Gasteiger partial charge in [0.2, 0.25) is 0 Å². The van der Waals surface area contributed by atoms with Crippen LogP contribution in [0.15, 0.2) is 24.4 Å². The molecule has 3 nitrogen and oxygen atoms in total. The van der Waals surface area contributed by atoms with Crippen molar-refractivity contribution in [1.82, 2.24) is 9.78 Å². The Morgan fingerprint density at radius 1 is 1.38 bits per heavy atom. The lowest BCUT2D eigenvalue weighted by molar-refractivity contribution is 0.551. The van der Waals surface area contributed by atoms with Gasteiger partial charge in [0.05, 0.1) is 11.7 Å². The Morgan fingerprint density at radius 2 is 2.12 bits per heavy atom. The molecule has 0 spiro atoms. The highest BCUT2D eigenvalue weighted by Gasteiger charge is 2.39. The van der Waals surface area contributed by atoms with Crippen LogP contribution in [-0.2, 0) is 5.54 Å². The minimum Gasteiger partial charge on any atom is -0.321 e. The number of hydrogen-bond acceptors (Lipinski definition) is 2. The molecule has 1 aliphatic carbocycles. The Morgan fingerprint density at radius 3 is 2.75 bits per heavy atom. The van der Waals surface area contributed by atoms with Crippen LogP contribution in [0.5, 0.6) is 0 Å². The topological polar surface area (TPSA) is 43.8 Å². The van der Waals surface area contributed by atoms with Crippen molar-refractivity contribution in [3.05, 3.63) is 30.0 Å². The SMILES string of the molecule is CC(C)n1ncc2cc(C3(N)CC3)ccc21. The second kappa shape index (κ2) is 3.08. The molecule has 1 aromatic heterocycles. The van der Waals surface area contributed by atoms with Gasteiger partial charge in [-0.25, -0.2) is 0 Å². The van der Waals surface area contributed by atoms with Gasteiger partial charge in [-0.1, -0.05) is 6.07 Å². The first kappa shape index (κ1) is 9.85. The second-order valence-electron chi connectivity index (χ2n) is 5.11. The van der Waals surface area contributed by atoms with Crippen LogP contribution in [-0.4, -0.2) is 9.78 Å². The third-order valence-electron chi connectivity index (χ3n) is 3.45. The molecule has 0 saturated heterocycles. The molecule has 16 heavy (non-hydrogen) atoms. The average Bonchev–Trinajstić information content (AvgIpc) is 2.87. The van der Waals surface area contributed by atoms with E-state index in [0.717, 1.165) is 12.8 Å². The third-order valence-corrected chi connectivity index (χ3v) is 3.45. The van der Waals surface area contributed by atoms with Gasteiger partial charge in [-0.15, -0.1) is 0 Å². The molecule has 1 aliphatic rings. The summed E-state index contributed by atoms with van der Waals surface area (Å²) in [6.07, 6.45) is 4.15. The standard InChI is InChI=1S/C13H17N3/c1-9(2)16-12-4-3-11(13(14)5-6-13)7-10(12)8-15-16/h3-4,7-9H,5-6,14H2,1-2H3. The fourth-order valence-corrected chi connectivity index (χ4v) is 2.20. The minimum atomic E-state index is -0.0475. The highest BCUT2D eigenvalue weighted by Crippen LogP contribution is 2.43. The highest BCUT2D eigenvalue weighted by atomic mass is 15.3. The molecule has 0 atom stereocenters. The van der Waals surface area contributed by atoms with E-state index in [1.54, 1.807) is 0 Å². The zero-order valence-electron chi connectivity index (χ0n) is 9.77. The van der Waals surface area contributed by atoms with Crippen molar-refractivity contribution in [1.29, 1.82) is 0 Å². The molecule has 0 bridgehead atoms. The first-order valence-electron chi connectivity index (χ1n) is 5.87. The van der Waals surface area contributed by atoms with Gasteiger partial charge < -0.3 is 5.73 Å². The smallest absolute Gasteiger partial charge is 0.0685 e. The fourth-order valence-electron chi connectivity index (χ4n) is 2.20. The monoisotopic (exact) mass is 215 g/mol. The molecular weight excluding hydrogens is 198 g/mol. The van der Waals surface area contributed by atoms with Crippen molar-refractivity contribution in [2.45, 2.75) is 38.3 Å². The van der Waals surface area contributed by atoms with Crippen LogP contribution in [0.3, 0.4) is 0 Å². The summed E-state index contributed by atoms with van der Waals surface area (Å²) in [5.74, 6) is 0. The van der Waals surface area contributed by atoms with Crippen LogP contribution < -0.4 is 5.73 Å². The number of nitrogens with zero attached hydrogens (tertiary/aromatic N) is 2. The van der Waals surface area contributed by atoms with Gasteiger partial charge in [-0.05, 0) is 44.4 Å². The molecule has 0 amide bonds. The van der Waals surface area contributed by atoms with E-state index in [1.165, 1.54) is 16.5 Å². The molecule has 1 heterocycles. The lowest BCUT2D eigenvalue weighted by atomic mass is 10.0. The van der Waals surface area contributed by atoms with Crippen LogP contribution in [0.2, 0.25) is 0 Å². The minimum absolute atomic E-state index is 0.0475. The molecular formula is C13H17N3. The van der Waals surface area contributed by atoms with Crippen molar-refractivity contribution in [3.8, 4) is 0 Å². The summed E-state index contributed by atoms with van der Waals surface area (Å²) in [7, 11) is 0. The average molecular weight is 215 g/mol. The quantitative estimate of drug-likeness (QED) is 0.836. The predicted octanol–water partition coefficient (Wildman–Crippen LogP) is 2.57. The van der Waals surface area contributed by atoms with E-state index in [4.69, 9.17) is 5.73 Å². The molecule has 3 rings (SSSR count). The molecule has 84 valence electrons. The van der Waals surface area contributed by atoms with Gasteiger partial charge >= 0.3 is 0 Å². The Hall–Kier alpha value is -1.35. The predicted molar refractivity (Wildman–Crippen MR) is 65.2 cm³/mol. The lowest BCUT2D eigenvalue weighted by Gasteiger charge is -2.10. The molecule has 2 aromatic rings. The molecule has 0 radical (unpaired) electrons. The first-order chi connectivity index (χ1) is 7.60. The summed E-state index contributed by atoms with van der Waals surface area (Å²) in [4.78, 5) is 0. The number of benzene rings is 1. The van der Waals surface area contributed by atoms with Crippen molar-refractivity contribution in [2.75, 3.05) is 0 Å². The van der Waals surface area contributed by atoms with Crippen LogP contribution in [0.25, 0.3) is 10.9 Å². The summed E-state index contributed by atoms with van der Waals surface area (Å²) in [6.45, 7) is 4.29. The molecule has 1 fully saturated rings. The van der Waals surface area contributed by atoms with E-state index in [-0.39, 0.29) is 5.54 Å². The van der Waals surface area contributed by atoms with Crippen LogP contribution in [0.4, 0.5) is 0 Å². The van der Waals surface area contributed by atoms with Crippen molar-refractivity contribution in [2.24, 2.45) is 5.73 Å². The first-order valence-corrected chi connectivity index (χ1v) is 5.87. The third kappa shape index (κ3) is 1.35. The number of nitrogens with two attached hydrogens (primary N) is 1. The zero-order valence-corrected chi connectivity index (χ0v) is 9.77. The molecule has 2 N–H and O–H groups in total. The van der Waals surface area contributed by atoms with Gasteiger partial charge in [-0.3, -0.25) is 4.68 Å². The van der Waals surface area contributed by atoms with E-state index in [0.29, 0.717) is 6.04 Å². The maximum atomic E-state index is 6.20. The summed E-state index contributed by atoms with van der Waals surface area (Å²) in [5, 5.41) is 5.61. The Bertz CT molecular complexity index is 535. The summed E-state index contributed by atoms with van der Waals surface area (Å²) in [6, 6.07) is 6.88. The van der Waals surface area contributed by atoms with E-state index < -0.39 is 0 Å². The molecule has 1 aromatic carbocycles. The van der Waals surface area contributed by atoms with E-state index in [9.17, 15) is 0 Å². The van der Waals surface area contributed by atoms with Crippen LogP contribution in [0, 0.1) is 0 Å². The summed E-state index contributed by atoms with van der Waals surface area (Å²) in [5.41, 5.74) is 8.60. The molecule has 0 unspecified atom stereocenters. The second-order valence-corrected chi connectivity index (χ2v) is 5.11. The number of rotatable bonds is 2. The maximum Gasteiger partial charge on any atom is 0.0685 e. The van der Waals surface area contributed by atoms with Gasteiger partial charge in [0, 0.05) is 17.0 Å². The Balaban J connectivity index is 2.13. The number of aromatic nitrogens is 2. The number of hydrogen-bond donors (Lipinski definition) is 1. The molecule has 1 saturated carbocycles. The van der Waals surface area contributed by atoms with Gasteiger partial charge in [-0.2, -0.15) is 5.10 Å². The van der Waals surface area contributed by atoms with Crippen LogP contribution >= 0.6 is 0 Å². The summed E-state index contributed by atoms with van der Waals surface area (Å²) < 4.78 is 2.05. The number of fused-ring (bicyclic) bond motifs is 1. The fraction of sp³-hybridized carbons (Fsp3) is 0.462. The normalized spacial score (nSPS) is 18.2. The van der Waals surface area contributed by atoms with E-state index >= 15 is 0 Å². The molecule has 0 aliphatic heterocycles. The Kier molecular flexibility index (Phi) is 1.89. The maximum absolute atomic E-state index is 6.20. The summed E-state index contributed by atoms with van der Waals surface area (Å²) >= 11 is 0. The van der Waals surface area contributed by atoms with Gasteiger partial charge in [0.1, 0.15) is 0 Å². The van der Waals surface area contributed by atoms with E-state index in [1.807, 2.05) is 6.20 Å². The zero-order chi connectivity index (χ0) is 11.3. The van der Waals surface area contributed by atoms with Gasteiger partial charge in [0.25, 0.3) is 0 Å². The van der Waals surface area contributed by atoms with Crippen LogP contribution in [0.1, 0.15) is 38.3 Å². The highest BCUT2D eigenvalue weighted by molar-refractivity contribution is 5.80. The van der Waals surface area contributed by atoms with E-state index in [2.05, 4.69) is 41.8 Å². The van der Waals surface area contributed by atoms with Crippen molar-refractivity contribution in [3.63, 3.8) is 0 Å². The Labute approximate surface area is 95.2 Å². The molecule has 3 heteroatoms. The largest absolute Gasteiger partial charge is 0.321 e. The van der Waals surface area contributed by atoms with Crippen molar-refractivity contribution < 1.29 is 0 Å². The van der Waals surface area contributed by atoms with Crippen molar-refractivity contribution >= 4 is 10.9 Å². The lowest BCUT2D eigenvalue weighted by Crippen LogP contribution is -2.18.